The molecule has 188 valence electrons. The molecule has 0 radical (unpaired) electrons. The van der Waals surface area contributed by atoms with Crippen molar-refractivity contribution in [2.75, 3.05) is 5.32 Å². The zero-order valence-corrected chi connectivity index (χ0v) is 25.9. The Bertz CT molecular complexity index is 1450. The molecule has 0 spiro atoms. The Morgan fingerprint density at radius 3 is 2.57 bits per heavy atom. The molecule has 0 saturated carbocycles. The molecule has 1 amide bonds. The van der Waals surface area contributed by atoms with Gasteiger partial charge in [0.15, 0.2) is 0 Å². The monoisotopic (exact) mass is 748 g/mol. The Morgan fingerprint density at radius 1 is 1.03 bits per heavy atom. The van der Waals surface area contributed by atoms with Crippen molar-refractivity contribution in [1.82, 2.24) is 0 Å². The first-order valence-electron chi connectivity index (χ1n) is 11.9. The summed E-state index contributed by atoms with van der Waals surface area (Å²) in [5, 5.41) is 3.81. The van der Waals surface area contributed by atoms with E-state index in [0.29, 0.717) is 12.2 Å². The highest BCUT2D eigenvalue weighted by Crippen LogP contribution is 2.40. The van der Waals surface area contributed by atoms with Crippen LogP contribution in [0.1, 0.15) is 44.8 Å². The molecular formula is C29H23Br2IN2O2S. The fraction of sp³-hybridized carbons (Fsp3) is 0.172. The van der Waals surface area contributed by atoms with Crippen LogP contribution in [0.25, 0.3) is 0 Å². The number of thiophene rings is 1. The lowest BCUT2D eigenvalue weighted by Crippen LogP contribution is -2.14. The second-order valence-electron chi connectivity index (χ2n) is 8.69. The molecule has 1 aliphatic carbocycles. The predicted octanol–water partition coefficient (Wildman–Crippen LogP) is 9.34. The summed E-state index contributed by atoms with van der Waals surface area (Å²) in [5.74, 6) is 0.667. The third kappa shape index (κ3) is 6.53. The smallest absolute Gasteiger partial charge is 0.259 e. The molecule has 8 heteroatoms. The van der Waals surface area contributed by atoms with Crippen LogP contribution in [-0.2, 0) is 19.4 Å². The van der Waals surface area contributed by atoms with Gasteiger partial charge in [-0.2, -0.15) is 0 Å². The number of aryl methyl sites for hydroxylation is 1. The van der Waals surface area contributed by atoms with E-state index in [9.17, 15) is 4.79 Å². The summed E-state index contributed by atoms with van der Waals surface area (Å²) in [6.45, 7) is 0.448. The van der Waals surface area contributed by atoms with Gasteiger partial charge in [-0.3, -0.25) is 4.79 Å². The van der Waals surface area contributed by atoms with Crippen molar-refractivity contribution < 1.29 is 9.53 Å². The number of anilines is 1. The molecule has 0 aliphatic heterocycles. The van der Waals surface area contributed by atoms with Gasteiger partial charge in [-0.05, 0) is 95.8 Å². The minimum Gasteiger partial charge on any atom is -0.487 e. The quantitative estimate of drug-likeness (QED) is 0.151. The first-order valence-corrected chi connectivity index (χ1v) is 15.4. The molecular weight excluding hydrogens is 727 g/mol. The van der Waals surface area contributed by atoms with E-state index in [0.717, 1.165) is 71.3 Å². The molecule has 0 saturated heterocycles. The second kappa shape index (κ2) is 12.2. The molecule has 1 N–H and O–H groups in total. The molecule has 1 aliphatic rings. The number of amides is 1. The molecule has 0 fully saturated rings. The standard InChI is InChI=1S/C29H23Br2IN2O2S/c30-20-12-10-18(11-13-20)17-36-27-19(14-21(31)15-24(27)32)16-33-29-26(23-8-4-5-9-25(23)37-29)28(35)34-22-6-2-1-3-7-22/h1-3,6-7,10-16H,4-5,8-9,17H2,(H,34,35). The number of nitrogens with zero attached hydrogens (tertiary/aromatic N) is 1. The number of hydrogen-bond donors (Lipinski definition) is 1. The Labute approximate surface area is 251 Å². The number of ether oxygens (including phenoxy) is 1. The van der Waals surface area contributed by atoms with Gasteiger partial charge >= 0.3 is 0 Å². The second-order valence-corrected chi connectivity index (χ2v) is 12.8. The lowest BCUT2D eigenvalue weighted by molar-refractivity contribution is 0.102. The summed E-state index contributed by atoms with van der Waals surface area (Å²) in [5.41, 5.74) is 4.56. The van der Waals surface area contributed by atoms with E-state index in [1.807, 2.05) is 72.9 Å². The Hall–Kier alpha value is -2.01. The minimum atomic E-state index is -0.103. The molecule has 4 aromatic rings. The van der Waals surface area contributed by atoms with Crippen molar-refractivity contribution in [2.24, 2.45) is 4.99 Å². The van der Waals surface area contributed by atoms with E-state index in [2.05, 4.69) is 59.8 Å². The van der Waals surface area contributed by atoms with Gasteiger partial charge in [0.05, 0.1) is 9.13 Å². The fourth-order valence-corrected chi connectivity index (χ4v) is 7.49. The third-order valence-electron chi connectivity index (χ3n) is 6.07. The van der Waals surface area contributed by atoms with E-state index in [-0.39, 0.29) is 5.91 Å². The first kappa shape index (κ1) is 26.6. The molecule has 0 atom stereocenters. The van der Waals surface area contributed by atoms with Gasteiger partial charge in [0, 0.05) is 31.3 Å². The number of benzene rings is 3. The summed E-state index contributed by atoms with van der Waals surface area (Å²) < 4.78 is 9.23. The highest BCUT2D eigenvalue weighted by atomic mass is 127. The molecule has 3 aromatic carbocycles. The SMILES string of the molecule is O=C(Nc1ccccc1)c1c(N=Cc2cc(Br)cc(I)c2OCc2ccc(Br)cc2)sc2c1CCCC2. The summed E-state index contributed by atoms with van der Waals surface area (Å²) in [4.78, 5) is 19.6. The van der Waals surface area contributed by atoms with Gasteiger partial charge in [0.2, 0.25) is 0 Å². The minimum absolute atomic E-state index is 0.103. The van der Waals surface area contributed by atoms with Crippen LogP contribution in [0.2, 0.25) is 0 Å². The van der Waals surface area contributed by atoms with Gasteiger partial charge in [0.1, 0.15) is 17.4 Å². The average molecular weight is 750 g/mol. The summed E-state index contributed by atoms with van der Waals surface area (Å²) in [6.07, 6.45) is 5.97. The number of carbonyl (C=O) groups is 1. The van der Waals surface area contributed by atoms with E-state index < -0.39 is 0 Å². The van der Waals surface area contributed by atoms with Crippen LogP contribution in [0.3, 0.4) is 0 Å². The van der Waals surface area contributed by atoms with E-state index >= 15 is 0 Å². The van der Waals surface area contributed by atoms with Crippen molar-refractivity contribution in [2.45, 2.75) is 32.3 Å². The van der Waals surface area contributed by atoms with E-state index in [4.69, 9.17) is 9.73 Å². The van der Waals surface area contributed by atoms with Gasteiger partial charge in [0.25, 0.3) is 5.91 Å². The Morgan fingerprint density at radius 2 is 1.78 bits per heavy atom. The molecule has 5 rings (SSSR count). The van der Waals surface area contributed by atoms with Gasteiger partial charge < -0.3 is 10.1 Å². The highest BCUT2D eigenvalue weighted by Gasteiger charge is 2.25. The first-order chi connectivity index (χ1) is 18.0. The topological polar surface area (TPSA) is 50.7 Å². The number of para-hydroxylation sites is 1. The molecule has 0 unspecified atom stereocenters. The third-order valence-corrected chi connectivity index (χ3v) is 9.05. The molecule has 0 bridgehead atoms. The van der Waals surface area contributed by atoms with Crippen LogP contribution in [0.4, 0.5) is 10.7 Å². The molecule has 4 nitrogen and oxygen atoms in total. The van der Waals surface area contributed by atoms with Crippen LogP contribution in [0, 0.1) is 3.57 Å². The number of halogens is 3. The zero-order chi connectivity index (χ0) is 25.8. The van der Waals surface area contributed by atoms with Gasteiger partial charge in [-0.1, -0.05) is 62.2 Å². The molecule has 1 aromatic heterocycles. The lowest BCUT2D eigenvalue weighted by atomic mass is 9.95. The fourth-order valence-electron chi connectivity index (χ4n) is 4.28. The number of nitrogens with one attached hydrogen (secondary N) is 1. The van der Waals surface area contributed by atoms with Crippen molar-refractivity contribution in [1.29, 1.82) is 0 Å². The average Bonchev–Trinajstić information content (AvgIpc) is 3.27. The maximum atomic E-state index is 13.4. The summed E-state index contributed by atoms with van der Waals surface area (Å²) >= 11 is 11.0. The van der Waals surface area contributed by atoms with Crippen LogP contribution in [0.15, 0.2) is 80.7 Å². The largest absolute Gasteiger partial charge is 0.487 e. The number of rotatable bonds is 7. The normalized spacial score (nSPS) is 12.9. The van der Waals surface area contributed by atoms with E-state index in [1.165, 1.54) is 4.88 Å². The summed E-state index contributed by atoms with van der Waals surface area (Å²) in [7, 11) is 0. The van der Waals surface area contributed by atoms with Crippen LogP contribution in [-0.4, -0.2) is 12.1 Å². The highest BCUT2D eigenvalue weighted by molar-refractivity contribution is 14.1. The van der Waals surface area contributed by atoms with Crippen molar-refractivity contribution >= 4 is 88.6 Å². The van der Waals surface area contributed by atoms with Crippen LogP contribution < -0.4 is 10.1 Å². The number of carbonyl (C=O) groups excluding carboxylic acids is 1. The maximum absolute atomic E-state index is 13.4. The summed E-state index contributed by atoms with van der Waals surface area (Å²) in [6, 6.07) is 21.7. The van der Waals surface area contributed by atoms with Crippen molar-refractivity contribution in [3.05, 3.63) is 106 Å². The van der Waals surface area contributed by atoms with E-state index in [1.54, 1.807) is 11.3 Å². The van der Waals surface area contributed by atoms with Gasteiger partial charge in [-0.15, -0.1) is 11.3 Å². The predicted molar refractivity (Wildman–Crippen MR) is 168 cm³/mol. The van der Waals surface area contributed by atoms with Crippen LogP contribution in [0.5, 0.6) is 5.75 Å². The molecule has 37 heavy (non-hydrogen) atoms. The zero-order valence-electron chi connectivity index (χ0n) is 19.8. The number of aliphatic imine (C=N–C) groups is 1. The lowest BCUT2D eigenvalue weighted by Gasteiger charge is -2.13. The van der Waals surface area contributed by atoms with Crippen molar-refractivity contribution in [3.63, 3.8) is 0 Å². The number of fused-ring (bicyclic) bond motifs is 1. The maximum Gasteiger partial charge on any atom is 0.259 e. The number of hydrogen-bond acceptors (Lipinski definition) is 4. The van der Waals surface area contributed by atoms with Crippen molar-refractivity contribution in [3.8, 4) is 5.75 Å². The Balaban J connectivity index is 1.46. The Kier molecular flexibility index (Phi) is 8.79. The van der Waals surface area contributed by atoms with Crippen LogP contribution >= 0.6 is 65.8 Å². The molecule has 1 heterocycles. The van der Waals surface area contributed by atoms with Gasteiger partial charge in [-0.25, -0.2) is 4.99 Å².